The van der Waals surface area contributed by atoms with Crippen molar-refractivity contribution in [3.63, 3.8) is 0 Å². The van der Waals surface area contributed by atoms with Gasteiger partial charge in [-0.15, -0.1) is 6.58 Å². The number of hydrogen-bond acceptors (Lipinski definition) is 1. The maximum absolute atomic E-state index is 4.44. The van der Waals surface area contributed by atoms with Gasteiger partial charge in [0.25, 0.3) is 0 Å². The number of hydrogen-bond donors (Lipinski definition) is 0. The minimum absolute atomic E-state index is 0.203. The number of aryl methyl sites for hydroxylation is 1. The van der Waals surface area contributed by atoms with E-state index in [1.807, 2.05) is 31.5 Å². The molecule has 0 aliphatic rings. The molecular formula is C17H16N2. The van der Waals surface area contributed by atoms with Gasteiger partial charge in [-0.3, -0.25) is 0 Å². The summed E-state index contributed by atoms with van der Waals surface area (Å²) in [5.74, 6) is 0.203. The van der Waals surface area contributed by atoms with E-state index >= 15 is 0 Å². The van der Waals surface area contributed by atoms with Crippen LogP contribution in [-0.4, -0.2) is 9.55 Å². The van der Waals surface area contributed by atoms with Crippen LogP contribution in [0, 0.1) is 0 Å². The summed E-state index contributed by atoms with van der Waals surface area (Å²) in [6.07, 6.45) is 5.98. The van der Waals surface area contributed by atoms with Gasteiger partial charge in [-0.2, -0.15) is 0 Å². The lowest BCUT2D eigenvalue weighted by molar-refractivity contribution is 0.928. The molecule has 1 atom stereocenters. The molecule has 0 fully saturated rings. The van der Waals surface area contributed by atoms with Crippen molar-refractivity contribution in [1.82, 2.24) is 9.55 Å². The molecule has 2 heterocycles. The first-order valence-electron chi connectivity index (χ1n) is 6.38. The van der Waals surface area contributed by atoms with Crippen molar-refractivity contribution in [3.05, 3.63) is 78.6 Å². The van der Waals surface area contributed by atoms with Gasteiger partial charge in [-0.1, -0.05) is 36.4 Å². The van der Waals surface area contributed by atoms with E-state index < -0.39 is 0 Å². The van der Waals surface area contributed by atoms with E-state index in [1.54, 1.807) is 0 Å². The van der Waals surface area contributed by atoms with Gasteiger partial charge in [0.15, 0.2) is 0 Å². The molecule has 0 N–H and O–H groups in total. The largest absolute Gasteiger partial charge is 0.335 e. The highest BCUT2D eigenvalue weighted by Crippen LogP contribution is 2.31. The summed E-state index contributed by atoms with van der Waals surface area (Å²) in [7, 11) is 2.03. The molecule has 19 heavy (non-hydrogen) atoms. The van der Waals surface area contributed by atoms with E-state index in [4.69, 9.17) is 0 Å². The minimum Gasteiger partial charge on any atom is -0.335 e. The topological polar surface area (TPSA) is 17.8 Å². The van der Waals surface area contributed by atoms with Gasteiger partial charge in [0.2, 0.25) is 0 Å². The summed E-state index contributed by atoms with van der Waals surface area (Å²) >= 11 is 0. The normalized spacial score (nSPS) is 12.5. The minimum atomic E-state index is 0.203. The zero-order chi connectivity index (χ0) is 13.2. The van der Waals surface area contributed by atoms with Gasteiger partial charge in [0, 0.05) is 30.7 Å². The number of nitrogens with zero attached hydrogens (tertiary/aromatic N) is 2. The summed E-state index contributed by atoms with van der Waals surface area (Å²) in [4.78, 5) is 4.44. The predicted molar refractivity (Wildman–Crippen MR) is 79.2 cm³/mol. The van der Waals surface area contributed by atoms with Crippen LogP contribution >= 0.6 is 0 Å². The Morgan fingerprint density at radius 1 is 1.16 bits per heavy atom. The zero-order valence-electron chi connectivity index (χ0n) is 11.0. The fourth-order valence-electron chi connectivity index (χ4n) is 2.59. The lowest BCUT2D eigenvalue weighted by Gasteiger charge is -2.12. The molecule has 2 aromatic heterocycles. The van der Waals surface area contributed by atoms with Crippen molar-refractivity contribution in [2.24, 2.45) is 7.05 Å². The number of aromatic nitrogens is 2. The van der Waals surface area contributed by atoms with Crippen LogP contribution in [0.25, 0.3) is 11.0 Å². The molecule has 0 radical (unpaired) electrons. The quantitative estimate of drug-likeness (QED) is 0.643. The zero-order valence-corrected chi connectivity index (χ0v) is 11.0. The van der Waals surface area contributed by atoms with Gasteiger partial charge in [-0.05, 0) is 23.3 Å². The number of benzene rings is 1. The Hall–Kier alpha value is -2.35. The van der Waals surface area contributed by atoms with Crippen LogP contribution < -0.4 is 0 Å². The van der Waals surface area contributed by atoms with Gasteiger partial charge in [-0.25, -0.2) is 4.98 Å². The molecule has 0 aliphatic carbocycles. The third kappa shape index (κ3) is 1.95. The summed E-state index contributed by atoms with van der Waals surface area (Å²) < 4.78 is 2.07. The maximum atomic E-state index is 4.44. The van der Waals surface area contributed by atoms with E-state index in [1.165, 1.54) is 16.5 Å². The molecule has 2 heteroatoms. The molecule has 0 bridgehead atoms. The molecule has 0 saturated heterocycles. The molecule has 0 amide bonds. The first-order chi connectivity index (χ1) is 9.31. The lowest BCUT2D eigenvalue weighted by Crippen LogP contribution is -1.96. The first-order valence-corrected chi connectivity index (χ1v) is 6.38. The SMILES string of the molecule is C=CC(c1ccccc1)c1cn(C)c2ncccc12. The van der Waals surface area contributed by atoms with Crippen LogP contribution in [0.3, 0.4) is 0 Å². The van der Waals surface area contributed by atoms with Crippen molar-refractivity contribution in [2.75, 3.05) is 0 Å². The second-order valence-electron chi connectivity index (χ2n) is 4.69. The standard InChI is InChI=1S/C17H16N2/c1-3-14(13-8-5-4-6-9-13)16-12-19(2)17-15(16)10-7-11-18-17/h3-12,14H,1H2,2H3. The highest BCUT2D eigenvalue weighted by Gasteiger charge is 2.16. The molecule has 2 nitrogen and oxygen atoms in total. The van der Waals surface area contributed by atoms with Crippen LogP contribution in [-0.2, 0) is 7.05 Å². The first kappa shape index (κ1) is 11.7. The van der Waals surface area contributed by atoms with Gasteiger partial charge >= 0.3 is 0 Å². The Morgan fingerprint density at radius 3 is 2.68 bits per heavy atom. The lowest BCUT2D eigenvalue weighted by atomic mass is 9.92. The van der Waals surface area contributed by atoms with Crippen LogP contribution in [0.1, 0.15) is 17.0 Å². The van der Waals surface area contributed by atoms with E-state index in [-0.39, 0.29) is 5.92 Å². The monoisotopic (exact) mass is 248 g/mol. The summed E-state index contributed by atoms with van der Waals surface area (Å²) in [5.41, 5.74) is 3.53. The van der Waals surface area contributed by atoms with E-state index in [0.29, 0.717) is 0 Å². The molecule has 0 aliphatic heterocycles. The summed E-state index contributed by atoms with van der Waals surface area (Å²) in [6.45, 7) is 4.00. The number of allylic oxidation sites excluding steroid dienone is 1. The Balaban J connectivity index is 2.20. The fourth-order valence-corrected chi connectivity index (χ4v) is 2.59. The van der Waals surface area contributed by atoms with Crippen LogP contribution in [0.15, 0.2) is 67.5 Å². The molecule has 0 saturated carbocycles. The number of rotatable bonds is 3. The van der Waals surface area contributed by atoms with Gasteiger partial charge in [0.1, 0.15) is 5.65 Å². The predicted octanol–water partition coefficient (Wildman–Crippen LogP) is 3.89. The van der Waals surface area contributed by atoms with Crippen molar-refractivity contribution in [2.45, 2.75) is 5.92 Å². The molecule has 1 unspecified atom stereocenters. The molecule has 1 aromatic carbocycles. The van der Waals surface area contributed by atoms with Crippen molar-refractivity contribution in [1.29, 1.82) is 0 Å². The molecular weight excluding hydrogens is 232 g/mol. The Kier molecular flexibility index (Phi) is 2.92. The van der Waals surface area contributed by atoms with E-state index in [2.05, 4.69) is 52.7 Å². The molecule has 3 aromatic rings. The van der Waals surface area contributed by atoms with E-state index in [9.17, 15) is 0 Å². The Labute approximate surface area is 113 Å². The number of pyridine rings is 1. The Bertz CT molecular complexity index is 710. The Morgan fingerprint density at radius 2 is 1.95 bits per heavy atom. The highest BCUT2D eigenvalue weighted by molar-refractivity contribution is 5.81. The van der Waals surface area contributed by atoms with E-state index in [0.717, 1.165) is 5.65 Å². The molecule has 0 spiro atoms. The third-order valence-corrected chi connectivity index (χ3v) is 3.49. The van der Waals surface area contributed by atoms with Crippen LogP contribution in [0.2, 0.25) is 0 Å². The van der Waals surface area contributed by atoms with Gasteiger partial charge < -0.3 is 4.57 Å². The smallest absolute Gasteiger partial charge is 0.139 e. The summed E-state index contributed by atoms with van der Waals surface area (Å²) in [6, 6.07) is 14.6. The maximum Gasteiger partial charge on any atom is 0.139 e. The highest BCUT2D eigenvalue weighted by atomic mass is 15.0. The fraction of sp³-hybridized carbons (Fsp3) is 0.118. The number of fused-ring (bicyclic) bond motifs is 1. The average molecular weight is 248 g/mol. The van der Waals surface area contributed by atoms with Crippen LogP contribution in [0.4, 0.5) is 0 Å². The molecule has 94 valence electrons. The molecule has 3 rings (SSSR count). The average Bonchev–Trinajstić information content (AvgIpc) is 2.79. The second kappa shape index (κ2) is 4.73. The third-order valence-electron chi connectivity index (χ3n) is 3.49. The van der Waals surface area contributed by atoms with Gasteiger partial charge in [0.05, 0.1) is 0 Å². The van der Waals surface area contributed by atoms with Crippen LogP contribution in [0.5, 0.6) is 0 Å². The summed E-state index contributed by atoms with van der Waals surface area (Å²) in [5, 5.41) is 1.19. The van der Waals surface area contributed by atoms with Crippen molar-refractivity contribution in [3.8, 4) is 0 Å². The van der Waals surface area contributed by atoms with Crippen molar-refractivity contribution < 1.29 is 0 Å². The second-order valence-corrected chi connectivity index (χ2v) is 4.69. The van der Waals surface area contributed by atoms with Crippen molar-refractivity contribution >= 4 is 11.0 Å².